The molecular weight excluding hydrogens is 423 g/mol. The van der Waals surface area contributed by atoms with Gasteiger partial charge in [-0.05, 0) is 49.2 Å². The van der Waals surface area contributed by atoms with Crippen molar-refractivity contribution >= 4 is 22.6 Å². The number of carbonyl (C=O) groups excluding carboxylic acids is 1. The van der Waals surface area contributed by atoms with E-state index in [1.54, 1.807) is 6.07 Å². The van der Waals surface area contributed by atoms with Gasteiger partial charge in [-0.15, -0.1) is 0 Å². The second-order valence-electron chi connectivity index (χ2n) is 7.32. The van der Waals surface area contributed by atoms with Crippen LogP contribution in [0.3, 0.4) is 0 Å². The Morgan fingerprint density at radius 1 is 1.12 bits per heavy atom. The van der Waals surface area contributed by atoms with Crippen LogP contribution in [-0.4, -0.2) is 25.2 Å². The highest BCUT2D eigenvalue weighted by atomic mass is 19.4. The topological polar surface area (TPSA) is 81.8 Å². The van der Waals surface area contributed by atoms with Crippen molar-refractivity contribution in [3.8, 4) is 5.69 Å². The van der Waals surface area contributed by atoms with Gasteiger partial charge >= 0.3 is 6.18 Å². The van der Waals surface area contributed by atoms with Crippen molar-refractivity contribution in [3.05, 3.63) is 82.0 Å². The maximum absolute atomic E-state index is 13.0. The van der Waals surface area contributed by atoms with Gasteiger partial charge in [0, 0.05) is 5.69 Å². The summed E-state index contributed by atoms with van der Waals surface area (Å²) < 4.78 is 41.4. The number of alkyl halides is 3. The lowest BCUT2D eigenvalue weighted by atomic mass is 10.1. The van der Waals surface area contributed by atoms with Crippen molar-refractivity contribution in [2.24, 2.45) is 0 Å². The van der Waals surface area contributed by atoms with E-state index in [0.717, 1.165) is 32.5 Å². The van der Waals surface area contributed by atoms with Crippen molar-refractivity contribution in [2.45, 2.75) is 26.6 Å². The van der Waals surface area contributed by atoms with Crippen LogP contribution in [0.4, 0.5) is 18.9 Å². The zero-order valence-electron chi connectivity index (χ0n) is 17.1. The summed E-state index contributed by atoms with van der Waals surface area (Å²) in [5.41, 5.74) is 1.44. The Balaban J connectivity index is 1.63. The number of fused-ring (bicyclic) bond motifs is 1. The van der Waals surface area contributed by atoms with E-state index in [1.807, 2.05) is 26.0 Å². The molecule has 0 radical (unpaired) electrons. The van der Waals surface area contributed by atoms with Crippen LogP contribution < -0.4 is 10.9 Å². The number of hydrogen-bond acceptors (Lipinski definition) is 4. The Hall–Kier alpha value is -3.95. The zero-order valence-corrected chi connectivity index (χ0v) is 17.1. The molecule has 10 heteroatoms. The molecule has 0 aliphatic heterocycles. The molecule has 0 spiro atoms. The lowest BCUT2D eigenvalue weighted by Gasteiger charge is -2.11. The van der Waals surface area contributed by atoms with Crippen molar-refractivity contribution in [2.75, 3.05) is 5.32 Å². The molecule has 0 aliphatic carbocycles. The van der Waals surface area contributed by atoms with E-state index >= 15 is 0 Å². The third kappa shape index (κ3) is 3.98. The minimum absolute atomic E-state index is 0.0875. The number of benzene rings is 2. The van der Waals surface area contributed by atoms with Gasteiger partial charge in [0.2, 0.25) is 5.91 Å². The molecule has 0 saturated heterocycles. The Bertz CT molecular complexity index is 1390. The number of anilines is 1. The number of nitrogens with zero attached hydrogens (tertiary/aromatic N) is 4. The predicted molar refractivity (Wildman–Crippen MR) is 113 cm³/mol. The summed E-state index contributed by atoms with van der Waals surface area (Å²) in [5.74, 6) is -0.410. The molecule has 0 atom stereocenters. The molecule has 4 aromatic rings. The van der Waals surface area contributed by atoms with E-state index in [1.165, 1.54) is 24.7 Å². The number of amides is 1. The fraction of sp³-hybridized carbons (Fsp3) is 0.182. The molecule has 0 bridgehead atoms. The average Bonchev–Trinajstić information content (AvgIpc) is 3.18. The monoisotopic (exact) mass is 441 g/mol. The van der Waals surface area contributed by atoms with E-state index in [4.69, 9.17) is 0 Å². The number of rotatable bonds is 4. The van der Waals surface area contributed by atoms with E-state index in [-0.39, 0.29) is 23.3 Å². The zero-order chi connectivity index (χ0) is 23.0. The summed E-state index contributed by atoms with van der Waals surface area (Å²) >= 11 is 0. The van der Waals surface area contributed by atoms with Crippen molar-refractivity contribution in [1.29, 1.82) is 0 Å². The number of aryl methyl sites for hydroxylation is 1. The lowest BCUT2D eigenvalue weighted by Crippen LogP contribution is -2.28. The summed E-state index contributed by atoms with van der Waals surface area (Å²) in [6, 6.07) is 10.1. The van der Waals surface area contributed by atoms with Gasteiger partial charge in [0.25, 0.3) is 5.56 Å². The van der Waals surface area contributed by atoms with Gasteiger partial charge in [-0.1, -0.05) is 18.2 Å². The largest absolute Gasteiger partial charge is 0.416 e. The first-order valence-electron chi connectivity index (χ1n) is 9.62. The molecule has 2 aromatic carbocycles. The van der Waals surface area contributed by atoms with Crippen LogP contribution in [-0.2, 0) is 17.5 Å². The van der Waals surface area contributed by atoms with E-state index in [2.05, 4.69) is 15.4 Å². The van der Waals surface area contributed by atoms with E-state index < -0.39 is 23.2 Å². The standard InChI is InChI=1S/C22H18F3N5O2/c1-13-5-3-8-18(14(13)2)28-19(31)11-29-12-26-20-17(21(29)32)10-27-30(20)16-7-4-6-15(9-16)22(23,24)25/h3-10,12H,11H2,1-2H3,(H,28,31). The van der Waals surface area contributed by atoms with Crippen LogP contribution >= 0.6 is 0 Å². The Morgan fingerprint density at radius 3 is 2.62 bits per heavy atom. The molecule has 7 nitrogen and oxygen atoms in total. The van der Waals surface area contributed by atoms with Gasteiger partial charge in [0.05, 0.1) is 17.4 Å². The molecule has 1 N–H and O–H groups in total. The van der Waals surface area contributed by atoms with Crippen molar-refractivity contribution in [3.63, 3.8) is 0 Å². The summed E-state index contributed by atoms with van der Waals surface area (Å²) in [4.78, 5) is 29.4. The number of nitrogens with one attached hydrogen (secondary N) is 1. The maximum Gasteiger partial charge on any atom is 0.416 e. The third-order valence-electron chi connectivity index (χ3n) is 5.17. The fourth-order valence-electron chi connectivity index (χ4n) is 3.30. The average molecular weight is 441 g/mol. The number of hydrogen-bond donors (Lipinski definition) is 1. The Labute approximate surface area is 180 Å². The van der Waals surface area contributed by atoms with E-state index in [0.29, 0.717) is 5.69 Å². The van der Waals surface area contributed by atoms with Crippen LogP contribution in [0.1, 0.15) is 16.7 Å². The van der Waals surface area contributed by atoms with Gasteiger partial charge in [-0.3, -0.25) is 14.2 Å². The van der Waals surface area contributed by atoms with Crippen molar-refractivity contribution in [1.82, 2.24) is 19.3 Å². The van der Waals surface area contributed by atoms with Gasteiger partial charge < -0.3 is 5.32 Å². The van der Waals surface area contributed by atoms with Gasteiger partial charge in [-0.2, -0.15) is 18.3 Å². The van der Waals surface area contributed by atoms with E-state index in [9.17, 15) is 22.8 Å². The lowest BCUT2D eigenvalue weighted by molar-refractivity contribution is -0.137. The maximum atomic E-state index is 13.0. The number of aromatic nitrogens is 4. The van der Waals surface area contributed by atoms with Crippen LogP contribution in [0.25, 0.3) is 16.7 Å². The van der Waals surface area contributed by atoms with Crippen LogP contribution in [0.5, 0.6) is 0 Å². The van der Waals surface area contributed by atoms with Gasteiger partial charge in [0.1, 0.15) is 18.3 Å². The fourth-order valence-corrected chi connectivity index (χ4v) is 3.30. The minimum atomic E-state index is -4.51. The highest BCUT2D eigenvalue weighted by Crippen LogP contribution is 2.30. The first kappa shape index (κ1) is 21.3. The first-order chi connectivity index (χ1) is 15.1. The summed E-state index contributed by atoms with van der Waals surface area (Å²) in [6.07, 6.45) is -2.11. The van der Waals surface area contributed by atoms with Gasteiger partial charge in [0.15, 0.2) is 5.65 Å². The second kappa shape index (κ2) is 7.95. The second-order valence-corrected chi connectivity index (χ2v) is 7.32. The minimum Gasteiger partial charge on any atom is -0.324 e. The molecule has 0 fully saturated rings. The van der Waals surface area contributed by atoms with Gasteiger partial charge in [-0.25, -0.2) is 9.67 Å². The molecule has 0 saturated carbocycles. The van der Waals surface area contributed by atoms with Crippen LogP contribution in [0.15, 0.2) is 59.8 Å². The molecule has 32 heavy (non-hydrogen) atoms. The highest BCUT2D eigenvalue weighted by molar-refractivity contribution is 5.91. The quantitative estimate of drug-likeness (QED) is 0.522. The molecule has 2 heterocycles. The molecule has 4 rings (SSSR count). The first-order valence-corrected chi connectivity index (χ1v) is 9.62. The van der Waals surface area contributed by atoms with Crippen LogP contribution in [0, 0.1) is 13.8 Å². The van der Waals surface area contributed by atoms with Crippen molar-refractivity contribution < 1.29 is 18.0 Å². The molecule has 0 aliphatic rings. The Kier molecular flexibility index (Phi) is 5.29. The third-order valence-corrected chi connectivity index (χ3v) is 5.17. The number of carbonyl (C=O) groups is 1. The Morgan fingerprint density at radius 2 is 1.88 bits per heavy atom. The SMILES string of the molecule is Cc1cccc(NC(=O)Cn2cnc3c(cnn3-c3cccc(C(F)(F)F)c3)c2=O)c1C. The predicted octanol–water partition coefficient (Wildman–Crippen LogP) is 3.86. The normalized spacial score (nSPS) is 11.7. The smallest absolute Gasteiger partial charge is 0.324 e. The molecule has 1 amide bonds. The summed E-state index contributed by atoms with van der Waals surface area (Å²) in [7, 11) is 0. The highest BCUT2D eigenvalue weighted by Gasteiger charge is 2.30. The molecule has 2 aromatic heterocycles. The summed E-state index contributed by atoms with van der Waals surface area (Å²) in [5, 5.41) is 6.89. The molecule has 0 unspecified atom stereocenters. The number of halogens is 3. The summed E-state index contributed by atoms with van der Waals surface area (Å²) in [6.45, 7) is 3.53. The molecule has 164 valence electrons. The molecular formula is C22H18F3N5O2. The van der Waals surface area contributed by atoms with Crippen LogP contribution in [0.2, 0.25) is 0 Å².